The molecule has 4 saturated carbocycles. The summed E-state index contributed by atoms with van der Waals surface area (Å²) in [4.78, 5) is 153. The van der Waals surface area contributed by atoms with Gasteiger partial charge in [0.05, 0.1) is 30.4 Å². The van der Waals surface area contributed by atoms with Crippen molar-refractivity contribution in [2.24, 2.45) is 47.3 Å². The molecular formula is C82H103F3N20O14. The van der Waals surface area contributed by atoms with Gasteiger partial charge < -0.3 is 61.3 Å². The normalized spacial score (nSPS) is 26.2. The molecule has 17 rings (SSSR count). The summed E-state index contributed by atoms with van der Waals surface area (Å²) in [5.74, 6) is -6.00. The van der Waals surface area contributed by atoms with Gasteiger partial charge in [0, 0.05) is 141 Å². The van der Waals surface area contributed by atoms with Crippen LogP contribution in [0, 0.1) is 64.8 Å². The van der Waals surface area contributed by atoms with Gasteiger partial charge in [-0.25, -0.2) is 32.3 Å². The number of carbonyl (C=O) groups is 12. The lowest BCUT2D eigenvalue weighted by molar-refractivity contribution is -0.143. The van der Waals surface area contributed by atoms with Crippen molar-refractivity contribution in [1.29, 1.82) is 0 Å². The van der Waals surface area contributed by atoms with Crippen molar-refractivity contribution >= 4 is 88.6 Å². The number of piperazine rings is 3. The van der Waals surface area contributed by atoms with E-state index in [1.807, 2.05) is 55.7 Å². The van der Waals surface area contributed by atoms with E-state index in [4.69, 9.17) is 10.2 Å². The number of hydrogen-bond donors (Lipinski definition) is 14. The Bertz CT molecular complexity index is 4590. The zero-order valence-electron chi connectivity index (χ0n) is 67.4. The molecule has 14 N–H and O–H groups in total. The molecule has 3 aromatic carbocycles. The van der Waals surface area contributed by atoms with E-state index < -0.39 is 81.9 Å². The third kappa shape index (κ3) is 19.0. The number of amides is 14. The lowest BCUT2D eigenvalue weighted by Crippen LogP contribution is -2.56. The van der Waals surface area contributed by atoms with Crippen molar-refractivity contribution in [3.05, 3.63) is 109 Å². The summed E-state index contributed by atoms with van der Waals surface area (Å²) in [6.07, 6.45) is 18.1. The molecule has 14 amide bonds. The fourth-order valence-corrected chi connectivity index (χ4v) is 17.9. The van der Waals surface area contributed by atoms with E-state index >= 15 is 0 Å². The van der Waals surface area contributed by atoms with Gasteiger partial charge in [0.1, 0.15) is 39.6 Å². The van der Waals surface area contributed by atoms with Crippen LogP contribution in [0.3, 0.4) is 0 Å². The van der Waals surface area contributed by atoms with Crippen LogP contribution >= 0.6 is 0 Å². The number of hydrogen-bond acceptors (Lipinski definition) is 19. The van der Waals surface area contributed by atoms with Crippen LogP contribution < -0.4 is 62.6 Å². The maximum absolute atomic E-state index is 14.4. The first kappa shape index (κ1) is 85.0. The number of nitrogens with one attached hydrogen (secondary N) is 12. The molecule has 37 heteroatoms. The second-order valence-corrected chi connectivity index (χ2v) is 33.7. The average Bonchev–Trinajstić information content (AvgIpc) is 1.62. The summed E-state index contributed by atoms with van der Waals surface area (Å²) in [6.45, 7) is 18.8. The second kappa shape index (κ2) is 34.9. The van der Waals surface area contributed by atoms with Crippen molar-refractivity contribution in [3.63, 3.8) is 0 Å². The number of nitrogens with zero attached hydrogens (tertiary/aromatic N) is 8. The van der Waals surface area contributed by atoms with Crippen LogP contribution in [0.25, 0.3) is 33.4 Å². The number of imide groups is 4. The molecule has 119 heavy (non-hydrogen) atoms. The van der Waals surface area contributed by atoms with Crippen LogP contribution in [0.5, 0.6) is 0 Å². The Hall–Kier alpha value is -11.9. The van der Waals surface area contributed by atoms with Gasteiger partial charge in [-0.15, -0.1) is 0 Å². The topological polar surface area (TPSA) is 456 Å². The van der Waals surface area contributed by atoms with Gasteiger partial charge >= 0.3 is 36.1 Å². The predicted octanol–water partition coefficient (Wildman–Crippen LogP) is 6.72. The molecule has 7 saturated heterocycles. The number of carbonyl (C=O) groups excluding carboxylic acids is 10. The zero-order chi connectivity index (χ0) is 85.2. The molecule has 0 unspecified atom stereocenters. The molecule has 34 nitrogen and oxygen atoms in total. The average molecular weight is 1650 g/mol. The molecule has 0 radical (unpaired) electrons. The number of H-pyrrole nitrogens is 3. The van der Waals surface area contributed by atoms with Crippen molar-refractivity contribution in [3.8, 4) is 33.4 Å². The molecule has 11 aliphatic rings. The molecule has 0 spiro atoms. The molecular weight excluding hydrogens is 1550 g/mol. The number of halogens is 3. The van der Waals surface area contributed by atoms with Crippen LogP contribution in [0.15, 0.2) is 91.8 Å². The molecule has 4 aliphatic carbocycles. The van der Waals surface area contributed by atoms with Crippen LogP contribution in [-0.2, 0) is 38.4 Å². The third-order valence-corrected chi connectivity index (χ3v) is 24.7. The van der Waals surface area contributed by atoms with Crippen LogP contribution in [0.1, 0.15) is 126 Å². The maximum atomic E-state index is 14.4. The number of rotatable bonds is 22. The number of aromatic amines is 3. The Labute approximate surface area is 684 Å². The Morgan fingerprint density at radius 2 is 0.689 bits per heavy atom. The molecule has 0 bridgehead atoms. The monoisotopic (exact) mass is 1650 g/mol. The Morgan fingerprint density at radius 3 is 0.924 bits per heavy atom. The third-order valence-electron chi connectivity index (χ3n) is 24.7. The van der Waals surface area contributed by atoms with E-state index in [9.17, 15) is 70.7 Å². The summed E-state index contributed by atoms with van der Waals surface area (Å²) in [7, 11) is 0. The van der Waals surface area contributed by atoms with Gasteiger partial charge in [-0.05, 0) is 193 Å². The highest BCUT2D eigenvalue weighted by molar-refractivity contribution is 6.10. The molecule has 3 aromatic heterocycles. The van der Waals surface area contributed by atoms with E-state index in [0.717, 1.165) is 121 Å². The quantitative estimate of drug-likeness (QED) is 0.0314. The highest BCUT2D eigenvalue weighted by Gasteiger charge is 2.61. The Balaban J connectivity index is 0.000000134. The molecule has 10 heterocycles. The summed E-state index contributed by atoms with van der Waals surface area (Å²) in [5, 5.41) is 61.0. The molecule has 6 aromatic rings. The van der Waals surface area contributed by atoms with Crippen LogP contribution in [0.2, 0.25) is 0 Å². The molecule has 7 aliphatic heterocycles. The predicted molar refractivity (Wildman–Crippen MR) is 427 cm³/mol. The van der Waals surface area contributed by atoms with E-state index in [2.05, 4.69) is 100 Å². The highest BCUT2D eigenvalue weighted by atomic mass is 19.1. The summed E-state index contributed by atoms with van der Waals surface area (Å²) < 4.78 is 42.6. The van der Waals surface area contributed by atoms with Gasteiger partial charge in [-0.1, -0.05) is 27.7 Å². The number of anilines is 3. The lowest BCUT2D eigenvalue weighted by Gasteiger charge is -2.42. The van der Waals surface area contributed by atoms with E-state index in [0.29, 0.717) is 58.2 Å². The Kier molecular flexibility index (Phi) is 25.0. The first-order valence-corrected chi connectivity index (χ1v) is 40.7. The van der Waals surface area contributed by atoms with Crippen molar-refractivity contribution in [1.82, 2.24) is 88.2 Å². The first-order chi connectivity index (χ1) is 56.7. The number of carboxylic acids is 2. The SMILES string of the molecule is C[C@@H](C[C@@]1(C2CC2)NC(=O)NC1=O)C(=O)N1CCN(c2cc(F)cc(-c3cn[nH]c3)c2)[C@@H](C)C1.C[C@@H](C[C@@]1(C2CC2)NC(=O)NC1=O)C(=O)O.C[C@H](C[C@]1(C2CC2)NC(=O)NC1=O)C(=O)N1CCN(c2cc(F)cc(-c3cn[nH]c3)c2)[C@@H](C)C1.C[C@H](C[C@]1(C2CC2)NC(=O)NC1=O)C(=O)O.C[C@H]1CNCCN1c1cc(F)cc(-c2cn[nH]c2)c1. The first-order valence-electron chi connectivity index (χ1n) is 40.7. The number of urea groups is 4. The standard InChI is InChI=1S/2C24H29FN6O3.C14H17FN4.2C10H14N2O4/c2*1-14(10-24(18-3-4-18)22(33)28-23(34)29-24)21(32)30-5-6-31(15(2)13-30)20-8-16(7-19(25)9-20)17-11-26-27-12-17;1-10-7-16-2-3-19(10)14-5-11(4-13(15)6-14)12-8-17-18-9-12;2*1-5(7(13)14)4-10(6-2-3-6)8(15)11-9(16)12-10/h2*7-9,11-12,14-15,18H,3-6,10,13H2,1-2H3,(H,26,27)(H2,28,29,33,34);4-6,8-10,16H,2-3,7H2,1H3,(H,17,18);2*5-6H,2-4H2,1H3,(H,13,14)(H2,11,12,15,16)/t14-,15+,24-;14-,15-,24-;10-;2*5-,10-/m10010/s1. The fourth-order valence-electron chi connectivity index (χ4n) is 17.9. The minimum absolute atomic E-state index is 0.0178. The number of benzene rings is 3. The minimum atomic E-state index is -0.991. The number of carboxylic acid groups (broad SMARTS) is 2. The van der Waals surface area contributed by atoms with Gasteiger partial charge in [-0.2, -0.15) is 15.3 Å². The van der Waals surface area contributed by atoms with Crippen molar-refractivity contribution in [2.45, 2.75) is 166 Å². The summed E-state index contributed by atoms with van der Waals surface area (Å²) in [6, 6.07) is 13.4. The van der Waals surface area contributed by atoms with Gasteiger partial charge in [-0.3, -0.25) is 74.9 Å². The fraction of sp³-hybridized carbons (Fsp3) is 0.524. The second-order valence-electron chi connectivity index (χ2n) is 33.7. The minimum Gasteiger partial charge on any atom is -0.481 e. The van der Waals surface area contributed by atoms with E-state index in [1.165, 1.54) is 24.3 Å². The van der Waals surface area contributed by atoms with Gasteiger partial charge in [0.15, 0.2) is 0 Å². The maximum Gasteiger partial charge on any atom is 0.322 e. The van der Waals surface area contributed by atoms with Crippen LogP contribution in [-0.4, -0.2) is 221 Å². The smallest absolute Gasteiger partial charge is 0.322 e. The van der Waals surface area contributed by atoms with E-state index in [-0.39, 0.29) is 101 Å². The molecule has 636 valence electrons. The van der Waals surface area contributed by atoms with Crippen molar-refractivity contribution < 1.29 is 80.9 Å². The molecule has 11 atom stereocenters. The Morgan fingerprint density at radius 1 is 0.403 bits per heavy atom. The van der Waals surface area contributed by atoms with Crippen LogP contribution in [0.4, 0.5) is 49.4 Å². The lowest BCUT2D eigenvalue weighted by atomic mass is 9.83. The van der Waals surface area contributed by atoms with Gasteiger partial charge in [0.2, 0.25) is 11.8 Å². The summed E-state index contributed by atoms with van der Waals surface area (Å²) >= 11 is 0. The number of aliphatic carboxylic acids is 2. The van der Waals surface area contributed by atoms with E-state index in [1.54, 1.807) is 63.2 Å². The number of aromatic nitrogens is 6. The largest absolute Gasteiger partial charge is 0.481 e. The highest BCUT2D eigenvalue weighted by Crippen LogP contribution is 2.49. The molecule has 11 fully saturated rings. The zero-order valence-corrected chi connectivity index (χ0v) is 67.4. The van der Waals surface area contributed by atoms with Crippen molar-refractivity contribution in [2.75, 3.05) is 73.6 Å². The van der Waals surface area contributed by atoms with Gasteiger partial charge in [0.25, 0.3) is 23.6 Å². The summed E-state index contributed by atoms with van der Waals surface area (Å²) in [5.41, 5.74) is 3.38.